The van der Waals surface area contributed by atoms with E-state index in [2.05, 4.69) is 26.6 Å². The fourth-order valence-electron chi connectivity index (χ4n) is 2.41. The Labute approximate surface area is 138 Å². The van der Waals surface area contributed by atoms with Crippen LogP contribution in [-0.4, -0.2) is 17.9 Å². The van der Waals surface area contributed by atoms with E-state index in [9.17, 15) is 9.59 Å². The highest BCUT2D eigenvalue weighted by Gasteiger charge is 2.28. The van der Waals surface area contributed by atoms with Gasteiger partial charge in [0.1, 0.15) is 0 Å². The van der Waals surface area contributed by atoms with Crippen molar-refractivity contribution in [3.05, 3.63) is 22.7 Å². The summed E-state index contributed by atoms with van der Waals surface area (Å²) in [5.41, 5.74) is 7.02. The first-order chi connectivity index (χ1) is 9.45. The molecule has 0 spiro atoms. The van der Waals surface area contributed by atoms with Crippen molar-refractivity contribution in [2.24, 2.45) is 11.7 Å². The molecule has 0 heterocycles. The van der Waals surface area contributed by atoms with Crippen LogP contribution in [0.2, 0.25) is 0 Å². The molecular weight excluding hydrogens is 358 g/mol. The molecule has 1 aromatic rings. The molecule has 116 valence electrons. The zero-order chi connectivity index (χ0) is 14.7. The van der Waals surface area contributed by atoms with Crippen LogP contribution in [0.5, 0.6) is 0 Å². The van der Waals surface area contributed by atoms with E-state index in [-0.39, 0.29) is 36.2 Å². The molecule has 1 saturated carbocycles. The third kappa shape index (κ3) is 4.98. The Balaban J connectivity index is 0.00000220. The molecule has 2 atom stereocenters. The van der Waals surface area contributed by atoms with Gasteiger partial charge in [0, 0.05) is 23.4 Å². The number of hydrogen-bond acceptors (Lipinski definition) is 3. The van der Waals surface area contributed by atoms with Crippen LogP contribution in [-0.2, 0) is 9.59 Å². The summed E-state index contributed by atoms with van der Waals surface area (Å²) in [5.74, 6) is -0.262. The summed E-state index contributed by atoms with van der Waals surface area (Å²) < 4.78 is 0.838. The molecule has 7 heteroatoms. The number of halogens is 2. The molecule has 1 fully saturated rings. The molecule has 21 heavy (non-hydrogen) atoms. The quantitative estimate of drug-likeness (QED) is 0.758. The molecule has 5 nitrogen and oxygen atoms in total. The van der Waals surface area contributed by atoms with Crippen LogP contribution in [0.4, 0.5) is 11.4 Å². The molecule has 1 aliphatic rings. The lowest BCUT2D eigenvalue weighted by Gasteiger charge is -2.15. The van der Waals surface area contributed by atoms with E-state index in [1.807, 2.05) is 6.07 Å². The molecular formula is C14H19BrClN3O2. The summed E-state index contributed by atoms with van der Waals surface area (Å²) in [6.07, 6.45) is 2.42. The van der Waals surface area contributed by atoms with Gasteiger partial charge in [0.25, 0.3) is 0 Å². The molecule has 1 aromatic carbocycles. The smallest absolute Gasteiger partial charge is 0.227 e. The fraction of sp³-hybridized carbons (Fsp3) is 0.429. The first-order valence-corrected chi connectivity index (χ1v) is 7.38. The van der Waals surface area contributed by atoms with Crippen molar-refractivity contribution >= 4 is 51.5 Å². The number of amides is 2. The lowest BCUT2D eigenvalue weighted by Crippen LogP contribution is -2.24. The normalized spacial score (nSPS) is 20.5. The Bertz CT molecular complexity index is 539. The van der Waals surface area contributed by atoms with Gasteiger partial charge in [-0.15, -0.1) is 12.4 Å². The lowest BCUT2D eigenvalue weighted by molar-refractivity contribution is -0.119. The minimum absolute atomic E-state index is 0. The molecule has 0 aliphatic heterocycles. The predicted octanol–water partition coefficient (Wildman–Crippen LogP) is 2.90. The van der Waals surface area contributed by atoms with Crippen LogP contribution in [0, 0.1) is 5.92 Å². The molecule has 1 aliphatic carbocycles. The van der Waals surface area contributed by atoms with Gasteiger partial charge in [-0.25, -0.2) is 0 Å². The van der Waals surface area contributed by atoms with Crippen molar-refractivity contribution in [3.63, 3.8) is 0 Å². The van der Waals surface area contributed by atoms with Crippen LogP contribution in [0.1, 0.15) is 26.2 Å². The zero-order valence-corrected chi connectivity index (χ0v) is 14.1. The van der Waals surface area contributed by atoms with Gasteiger partial charge in [0.2, 0.25) is 11.8 Å². The van der Waals surface area contributed by atoms with Crippen LogP contribution in [0.3, 0.4) is 0 Å². The van der Waals surface area contributed by atoms with Crippen molar-refractivity contribution < 1.29 is 9.59 Å². The van der Waals surface area contributed by atoms with Gasteiger partial charge < -0.3 is 16.4 Å². The van der Waals surface area contributed by atoms with Gasteiger partial charge in [-0.3, -0.25) is 9.59 Å². The molecule has 0 bridgehead atoms. The number of anilines is 2. The molecule has 0 saturated heterocycles. The number of benzene rings is 1. The largest absolute Gasteiger partial charge is 0.328 e. The van der Waals surface area contributed by atoms with Crippen molar-refractivity contribution in [3.8, 4) is 0 Å². The summed E-state index contributed by atoms with van der Waals surface area (Å²) in [4.78, 5) is 23.4. The van der Waals surface area contributed by atoms with E-state index < -0.39 is 0 Å². The second kappa shape index (κ2) is 7.77. The first kappa shape index (κ1) is 17.9. The van der Waals surface area contributed by atoms with Crippen molar-refractivity contribution in [2.45, 2.75) is 32.2 Å². The number of hydrogen-bond donors (Lipinski definition) is 3. The van der Waals surface area contributed by atoms with E-state index in [0.29, 0.717) is 11.4 Å². The van der Waals surface area contributed by atoms with E-state index >= 15 is 0 Å². The summed E-state index contributed by atoms with van der Waals surface area (Å²) in [7, 11) is 0. The van der Waals surface area contributed by atoms with Gasteiger partial charge >= 0.3 is 0 Å². The summed E-state index contributed by atoms with van der Waals surface area (Å²) in [5, 5.41) is 5.59. The van der Waals surface area contributed by atoms with E-state index in [1.54, 1.807) is 12.1 Å². The molecule has 0 aromatic heterocycles. The van der Waals surface area contributed by atoms with Gasteiger partial charge in [-0.2, -0.15) is 0 Å². The lowest BCUT2D eigenvalue weighted by atomic mass is 10.1. The highest BCUT2D eigenvalue weighted by molar-refractivity contribution is 9.10. The van der Waals surface area contributed by atoms with Crippen molar-refractivity contribution in [2.75, 3.05) is 10.6 Å². The molecule has 0 radical (unpaired) electrons. The Hall–Kier alpha value is -1.11. The second-order valence-corrected chi connectivity index (χ2v) is 6.05. The van der Waals surface area contributed by atoms with Gasteiger partial charge in [0.15, 0.2) is 0 Å². The monoisotopic (exact) mass is 375 g/mol. The number of rotatable bonds is 3. The van der Waals surface area contributed by atoms with Crippen LogP contribution in [0.25, 0.3) is 0 Å². The van der Waals surface area contributed by atoms with Crippen molar-refractivity contribution in [1.29, 1.82) is 0 Å². The van der Waals surface area contributed by atoms with Crippen molar-refractivity contribution in [1.82, 2.24) is 0 Å². The average molecular weight is 377 g/mol. The molecule has 4 N–H and O–H groups in total. The van der Waals surface area contributed by atoms with Crippen LogP contribution >= 0.6 is 28.3 Å². The maximum atomic E-state index is 12.2. The van der Waals surface area contributed by atoms with E-state index in [4.69, 9.17) is 5.73 Å². The Kier molecular flexibility index (Phi) is 6.64. The number of carbonyl (C=O) groups excluding carboxylic acids is 2. The Morgan fingerprint density at radius 1 is 1.24 bits per heavy atom. The van der Waals surface area contributed by atoms with E-state index in [1.165, 1.54) is 6.92 Å². The third-order valence-corrected chi connectivity index (χ3v) is 3.89. The number of nitrogens with one attached hydrogen (secondary N) is 2. The van der Waals surface area contributed by atoms with Gasteiger partial charge in [0.05, 0.1) is 11.4 Å². The topological polar surface area (TPSA) is 84.2 Å². The molecule has 2 rings (SSSR count). The Morgan fingerprint density at radius 3 is 2.52 bits per heavy atom. The maximum absolute atomic E-state index is 12.2. The summed E-state index contributed by atoms with van der Waals surface area (Å²) in [6.45, 7) is 1.43. The van der Waals surface area contributed by atoms with Crippen LogP contribution < -0.4 is 16.4 Å². The molecule has 2 amide bonds. The third-order valence-electron chi connectivity index (χ3n) is 3.39. The van der Waals surface area contributed by atoms with E-state index in [0.717, 1.165) is 23.7 Å². The van der Waals surface area contributed by atoms with Gasteiger partial charge in [-0.05, 0) is 37.5 Å². The number of carbonyl (C=O) groups is 2. The summed E-state index contributed by atoms with van der Waals surface area (Å²) in [6, 6.07) is 5.45. The molecule has 2 unspecified atom stereocenters. The minimum atomic E-state index is -0.175. The average Bonchev–Trinajstić information content (AvgIpc) is 2.79. The number of nitrogens with two attached hydrogens (primary N) is 1. The fourth-order valence-corrected chi connectivity index (χ4v) is 2.77. The predicted molar refractivity (Wildman–Crippen MR) is 89.6 cm³/mol. The standard InChI is InChI=1S/C14H18BrN3O2.ClH/c1-8(19)17-12-5-3-10(15)7-13(12)18-14(20)9-2-4-11(16)6-9;/h3,5,7,9,11H,2,4,6,16H2,1H3,(H,17,19)(H,18,20);1H. The second-order valence-electron chi connectivity index (χ2n) is 5.13. The summed E-state index contributed by atoms with van der Waals surface area (Å²) >= 11 is 3.36. The van der Waals surface area contributed by atoms with Crippen LogP contribution in [0.15, 0.2) is 22.7 Å². The van der Waals surface area contributed by atoms with Gasteiger partial charge in [-0.1, -0.05) is 15.9 Å². The maximum Gasteiger partial charge on any atom is 0.227 e. The zero-order valence-electron chi connectivity index (χ0n) is 11.7. The first-order valence-electron chi connectivity index (χ1n) is 6.59. The minimum Gasteiger partial charge on any atom is -0.328 e. The highest BCUT2D eigenvalue weighted by Crippen LogP contribution is 2.29. The SMILES string of the molecule is CC(=O)Nc1ccc(Br)cc1NC(=O)C1CCC(N)C1.Cl. The highest BCUT2D eigenvalue weighted by atomic mass is 79.9. The Morgan fingerprint density at radius 2 is 1.95 bits per heavy atom.